The van der Waals surface area contributed by atoms with E-state index >= 15 is 0 Å². The van der Waals surface area contributed by atoms with Gasteiger partial charge >= 0.3 is 0 Å². The number of hydrogen-bond donors (Lipinski definition) is 2. The van der Waals surface area contributed by atoms with E-state index in [0.717, 1.165) is 42.1 Å². The summed E-state index contributed by atoms with van der Waals surface area (Å²) < 4.78 is 49.1. The normalized spacial score (nSPS) is 11.6. The molecule has 0 bridgehead atoms. The third kappa shape index (κ3) is 10.8. The van der Waals surface area contributed by atoms with Gasteiger partial charge in [0.05, 0.1) is 11.4 Å². The molecule has 0 aliphatic rings. The summed E-state index contributed by atoms with van der Waals surface area (Å²) in [6.07, 6.45) is 3.18. The van der Waals surface area contributed by atoms with Crippen LogP contribution in [0.3, 0.4) is 0 Å². The van der Waals surface area contributed by atoms with Gasteiger partial charge in [-0.2, -0.15) is 0 Å². The number of carbonyl (C=O) groups excluding carboxylic acids is 2. The van der Waals surface area contributed by atoms with Crippen LogP contribution in [0, 0.1) is 17.6 Å². The molecular weight excluding hydrogens is 552 g/mol. The molecule has 0 aliphatic carbocycles. The fourth-order valence-electron chi connectivity index (χ4n) is 3.69. The topological polar surface area (TPSA) is 99.2 Å². The molecule has 12 heteroatoms. The highest BCUT2D eigenvalue weighted by Crippen LogP contribution is 2.30. The Morgan fingerprint density at radius 3 is 2.08 bits per heavy atom. The SMILES string of the molecule is CC.CCCC(CCC)C(=O)N(C)CCN(CC(=O)NO)S(=O)c1cc(F)c(Oc2ccc(Cl)cc2)c(F)c1. The third-order valence-electron chi connectivity index (χ3n) is 5.57. The number of carbonyl (C=O) groups is 2. The Labute approximate surface area is 236 Å². The number of amides is 2. The Hall–Kier alpha value is -2.60. The summed E-state index contributed by atoms with van der Waals surface area (Å²) >= 11 is 5.81. The molecular formula is C27H38ClF2N3O5S. The van der Waals surface area contributed by atoms with Crippen molar-refractivity contribution in [2.24, 2.45) is 5.92 Å². The van der Waals surface area contributed by atoms with Gasteiger partial charge < -0.3 is 9.64 Å². The first-order chi connectivity index (χ1) is 18.6. The Bertz CT molecular complexity index is 1060. The van der Waals surface area contributed by atoms with Crippen molar-refractivity contribution in [2.45, 2.75) is 58.3 Å². The first-order valence-corrected chi connectivity index (χ1v) is 14.4. The van der Waals surface area contributed by atoms with Crippen molar-refractivity contribution >= 4 is 34.4 Å². The summed E-state index contributed by atoms with van der Waals surface area (Å²) in [4.78, 5) is 25.9. The first-order valence-electron chi connectivity index (χ1n) is 12.9. The number of benzene rings is 2. The van der Waals surface area contributed by atoms with Gasteiger partial charge in [-0.3, -0.25) is 14.8 Å². The van der Waals surface area contributed by atoms with Crippen molar-refractivity contribution in [3.8, 4) is 11.5 Å². The van der Waals surface area contributed by atoms with Crippen molar-refractivity contribution in [3.63, 3.8) is 0 Å². The quantitative estimate of drug-likeness (QED) is 0.210. The zero-order valence-corrected chi connectivity index (χ0v) is 24.6. The van der Waals surface area contributed by atoms with Crippen LogP contribution in [0.1, 0.15) is 53.4 Å². The summed E-state index contributed by atoms with van der Waals surface area (Å²) in [6, 6.07) is 7.56. The van der Waals surface area contributed by atoms with E-state index < -0.39 is 40.8 Å². The van der Waals surface area contributed by atoms with E-state index in [0.29, 0.717) is 5.02 Å². The standard InChI is InChI=1S/C25H32ClF2N3O5S.C2H6/c1-4-6-17(7-5-2)25(33)30(3)12-13-31(16-23(32)29-34)37(35)20-14-21(27)24(22(28)15-20)36-19-10-8-18(26)9-11-19;1-2/h8-11,14-15,17,34H,4-7,12-13,16H2,1-3H3,(H,29,32);1-2H3. The maximum atomic E-state index is 14.8. The Morgan fingerprint density at radius 1 is 1.05 bits per heavy atom. The largest absolute Gasteiger partial charge is 0.451 e. The molecule has 0 radical (unpaired) electrons. The average molecular weight is 590 g/mol. The summed E-state index contributed by atoms with van der Waals surface area (Å²) in [7, 11) is -0.591. The summed E-state index contributed by atoms with van der Waals surface area (Å²) in [5, 5.41) is 9.36. The lowest BCUT2D eigenvalue weighted by Gasteiger charge is -2.27. The van der Waals surface area contributed by atoms with E-state index in [9.17, 15) is 22.6 Å². The molecule has 8 nitrogen and oxygen atoms in total. The molecule has 39 heavy (non-hydrogen) atoms. The van der Waals surface area contributed by atoms with Crippen LogP contribution in [0.15, 0.2) is 41.3 Å². The highest BCUT2D eigenvalue weighted by atomic mass is 35.5. The second-order valence-electron chi connectivity index (χ2n) is 8.45. The molecule has 2 aromatic rings. The molecule has 2 rings (SSSR count). The van der Waals surface area contributed by atoms with E-state index in [-0.39, 0.29) is 35.6 Å². The van der Waals surface area contributed by atoms with Crippen LogP contribution in [0.5, 0.6) is 11.5 Å². The van der Waals surface area contributed by atoms with E-state index in [4.69, 9.17) is 21.5 Å². The van der Waals surface area contributed by atoms with Crippen LogP contribution in [-0.2, 0) is 20.6 Å². The second kappa shape index (κ2) is 17.9. The van der Waals surface area contributed by atoms with E-state index in [2.05, 4.69) is 0 Å². The Morgan fingerprint density at radius 2 is 1.59 bits per heavy atom. The van der Waals surface area contributed by atoms with Crippen molar-refractivity contribution in [2.75, 3.05) is 26.7 Å². The van der Waals surface area contributed by atoms with Crippen molar-refractivity contribution in [3.05, 3.63) is 53.1 Å². The fourth-order valence-corrected chi connectivity index (χ4v) is 5.01. The van der Waals surface area contributed by atoms with Crippen LogP contribution in [0.25, 0.3) is 0 Å². The maximum absolute atomic E-state index is 14.8. The van der Waals surface area contributed by atoms with Gasteiger partial charge in [-0.25, -0.2) is 22.8 Å². The minimum Gasteiger partial charge on any atom is -0.451 e. The lowest BCUT2D eigenvalue weighted by Crippen LogP contribution is -2.43. The Kier molecular flexibility index (Phi) is 15.8. The van der Waals surface area contributed by atoms with Crippen LogP contribution in [0.4, 0.5) is 8.78 Å². The number of rotatable bonds is 14. The van der Waals surface area contributed by atoms with E-state index in [1.807, 2.05) is 27.7 Å². The van der Waals surface area contributed by atoms with Crippen LogP contribution in [-0.4, -0.2) is 57.1 Å². The molecule has 0 saturated carbocycles. The van der Waals surface area contributed by atoms with Gasteiger partial charge in [-0.1, -0.05) is 52.1 Å². The highest BCUT2D eigenvalue weighted by molar-refractivity contribution is 7.82. The van der Waals surface area contributed by atoms with Crippen molar-refractivity contribution in [1.29, 1.82) is 0 Å². The minimum absolute atomic E-state index is 0.0560. The van der Waals surface area contributed by atoms with Gasteiger partial charge in [0.2, 0.25) is 5.91 Å². The van der Waals surface area contributed by atoms with Crippen molar-refractivity contribution in [1.82, 2.24) is 14.7 Å². The molecule has 2 N–H and O–H groups in total. The molecule has 2 aromatic carbocycles. The number of nitrogens with one attached hydrogen (secondary N) is 1. The summed E-state index contributed by atoms with van der Waals surface area (Å²) in [5.41, 5.74) is 1.45. The predicted molar refractivity (Wildman–Crippen MR) is 148 cm³/mol. The smallest absolute Gasteiger partial charge is 0.258 e. The molecule has 1 unspecified atom stereocenters. The van der Waals surface area contributed by atoms with Gasteiger partial charge in [-0.05, 0) is 49.2 Å². The average Bonchev–Trinajstić information content (AvgIpc) is 2.93. The molecule has 0 aliphatic heterocycles. The van der Waals surface area contributed by atoms with Crippen molar-refractivity contribution < 1.29 is 32.5 Å². The third-order valence-corrected chi connectivity index (χ3v) is 7.24. The zero-order chi connectivity index (χ0) is 29.5. The molecule has 2 amide bonds. The lowest BCUT2D eigenvalue weighted by molar-refractivity contribution is -0.134. The summed E-state index contributed by atoms with van der Waals surface area (Å²) in [6.45, 7) is 7.51. The van der Waals surface area contributed by atoms with Crippen LogP contribution >= 0.6 is 11.6 Å². The monoisotopic (exact) mass is 589 g/mol. The number of hydroxylamine groups is 1. The molecule has 0 saturated heterocycles. The molecule has 0 fully saturated rings. The number of halogens is 3. The molecule has 1 atom stereocenters. The van der Waals surface area contributed by atoms with Crippen LogP contribution in [0.2, 0.25) is 5.02 Å². The van der Waals surface area contributed by atoms with Gasteiger partial charge in [-0.15, -0.1) is 0 Å². The lowest BCUT2D eigenvalue weighted by atomic mass is 9.97. The number of nitrogens with zero attached hydrogens (tertiary/aromatic N) is 2. The predicted octanol–water partition coefficient (Wildman–Crippen LogP) is 5.94. The van der Waals surface area contributed by atoms with E-state index in [1.165, 1.54) is 34.6 Å². The van der Waals surface area contributed by atoms with Gasteiger partial charge in [0.1, 0.15) is 16.7 Å². The minimum atomic E-state index is -2.20. The summed E-state index contributed by atoms with van der Waals surface area (Å²) in [5.74, 6) is -3.82. The molecule has 0 heterocycles. The van der Waals surface area contributed by atoms with Gasteiger partial charge in [0.15, 0.2) is 17.4 Å². The Balaban J connectivity index is 0.00000371. The van der Waals surface area contributed by atoms with Gasteiger partial charge in [0.25, 0.3) is 5.91 Å². The fraction of sp³-hybridized carbons (Fsp3) is 0.481. The molecule has 0 spiro atoms. The maximum Gasteiger partial charge on any atom is 0.258 e. The van der Waals surface area contributed by atoms with Gasteiger partial charge in [0, 0.05) is 31.1 Å². The number of likely N-dealkylation sites (N-methyl/N-ethyl adjacent to an activating group) is 1. The number of hydrogen-bond acceptors (Lipinski definition) is 5. The zero-order valence-electron chi connectivity index (χ0n) is 23.0. The molecule has 0 aromatic heterocycles. The number of ether oxygens (including phenoxy) is 1. The molecule has 218 valence electrons. The van der Waals surface area contributed by atoms with E-state index in [1.54, 1.807) is 7.05 Å². The first kappa shape index (κ1) is 34.4. The second-order valence-corrected chi connectivity index (χ2v) is 10.4. The van der Waals surface area contributed by atoms with Crippen LogP contribution < -0.4 is 10.2 Å². The highest BCUT2D eigenvalue weighted by Gasteiger charge is 2.25.